The van der Waals surface area contributed by atoms with E-state index in [4.69, 9.17) is 0 Å². The second kappa shape index (κ2) is 6.07. The molecule has 1 aliphatic carbocycles. The zero-order chi connectivity index (χ0) is 15.0. The van der Waals surface area contributed by atoms with Crippen LogP contribution in [0.5, 0.6) is 0 Å². The first kappa shape index (κ1) is 15.0. The second-order valence-electron chi connectivity index (χ2n) is 6.63. The van der Waals surface area contributed by atoms with E-state index in [0.29, 0.717) is 17.6 Å². The molecule has 2 saturated heterocycles. The van der Waals surface area contributed by atoms with Gasteiger partial charge in [0, 0.05) is 18.8 Å². The molecule has 1 saturated carbocycles. The van der Waals surface area contributed by atoms with E-state index >= 15 is 0 Å². The SMILES string of the molecule is CC1CCCN(C(=O)N2C(C(=O)O)CSC2C2CC2)CC1. The largest absolute Gasteiger partial charge is 0.480 e. The molecule has 21 heavy (non-hydrogen) atoms. The summed E-state index contributed by atoms with van der Waals surface area (Å²) in [5.74, 6) is 0.841. The highest BCUT2D eigenvalue weighted by molar-refractivity contribution is 8.00. The molecule has 5 nitrogen and oxygen atoms in total. The summed E-state index contributed by atoms with van der Waals surface area (Å²) in [5.41, 5.74) is 0. The molecule has 2 heterocycles. The molecule has 2 amide bonds. The number of hydrogen-bond acceptors (Lipinski definition) is 3. The molecule has 0 aromatic rings. The number of urea groups is 1. The van der Waals surface area contributed by atoms with Gasteiger partial charge in [-0.25, -0.2) is 9.59 Å². The van der Waals surface area contributed by atoms with Crippen molar-refractivity contribution in [1.29, 1.82) is 0 Å². The van der Waals surface area contributed by atoms with Crippen molar-refractivity contribution >= 4 is 23.8 Å². The maximum absolute atomic E-state index is 12.9. The monoisotopic (exact) mass is 312 g/mol. The average Bonchev–Trinajstić information content (AvgIpc) is 3.22. The Morgan fingerprint density at radius 2 is 1.90 bits per heavy atom. The van der Waals surface area contributed by atoms with Crippen LogP contribution >= 0.6 is 11.8 Å². The number of carbonyl (C=O) groups excluding carboxylic acids is 1. The van der Waals surface area contributed by atoms with Crippen LogP contribution in [0.2, 0.25) is 0 Å². The van der Waals surface area contributed by atoms with E-state index in [9.17, 15) is 14.7 Å². The highest BCUT2D eigenvalue weighted by Gasteiger charge is 2.49. The van der Waals surface area contributed by atoms with E-state index in [1.54, 1.807) is 16.7 Å². The Labute approximate surface area is 130 Å². The summed E-state index contributed by atoms with van der Waals surface area (Å²) >= 11 is 1.65. The third-order valence-corrected chi connectivity index (χ3v) is 6.32. The molecule has 3 fully saturated rings. The molecule has 1 N–H and O–H groups in total. The molecule has 0 aromatic heterocycles. The summed E-state index contributed by atoms with van der Waals surface area (Å²) in [5, 5.41) is 9.51. The number of carboxylic acids is 1. The number of aliphatic carboxylic acids is 1. The lowest BCUT2D eigenvalue weighted by molar-refractivity contribution is -0.141. The van der Waals surface area contributed by atoms with E-state index in [1.807, 2.05) is 4.90 Å². The molecular weight excluding hydrogens is 288 g/mol. The van der Waals surface area contributed by atoms with E-state index in [0.717, 1.165) is 45.2 Å². The van der Waals surface area contributed by atoms with Crippen LogP contribution in [0.15, 0.2) is 0 Å². The van der Waals surface area contributed by atoms with Crippen molar-refractivity contribution < 1.29 is 14.7 Å². The van der Waals surface area contributed by atoms with Gasteiger partial charge in [-0.05, 0) is 43.9 Å². The molecule has 0 radical (unpaired) electrons. The van der Waals surface area contributed by atoms with Crippen LogP contribution in [0.3, 0.4) is 0 Å². The first-order valence-corrected chi connectivity index (χ1v) is 9.04. The normalized spacial score (nSPS) is 33.9. The Hall–Kier alpha value is -0.910. The van der Waals surface area contributed by atoms with Crippen molar-refractivity contribution in [3.8, 4) is 0 Å². The molecule has 0 aromatic carbocycles. The van der Waals surface area contributed by atoms with Crippen LogP contribution in [0.1, 0.15) is 39.0 Å². The van der Waals surface area contributed by atoms with Gasteiger partial charge in [-0.15, -0.1) is 11.8 Å². The van der Waals surface area contributed by atoms with E-state index in [-0.39, 0.29) is 11.4 Å². The minimum atomic E-state index is -0.859. The fraction of sp³-hybridized carbons (Fsp3) is 0.867. The van der Waals surface area contributed by atoms with Gasteiger partial charge in [-0.2, -0.15) is 0 Å². The summed E-state index contributed by atoms with van der Waals surface area (Å²) in [4.78, 5) is 27.9. The van der Waals surface area contributed by atoms with Crippen LogP contribution in [0.25, 0.3) is 0 Å². The lowest BCUT2D eigenvalue weighted by Gasteiger charge is -2.33. The number of carboxylic acid groups (broad SMARTS) is 1. The minimum absolute atomic E-state index is 0.0431. The molecule has 118 valence electrons. The fourth-order valence-corrected chi connectivity index (χ4v) is 4.95. The predicted molar refractivity (Wildman–Crippen MR) is 82.2 cm³/mol. The molecular formula is C15H24N2O3S. The van der Waals surface area contributed by atoms with E-state index in [2.05, 4.69) is 6.92 Å². The molecule has 3 atom stereocenters. The quantitative estimate of drug-likeness (QED) is 0.851. The summed E-state index contributed by atoms with van der Waals surface area (Å²) in [7, 11) is 0. The standard InChI is InChI=1S/C15H24N2O3S/c1-10-3-2-7-16(8-6-10)15(20)17-12(14(18)19)9-21-13(17)11-4-5-11/h10-13H,2-9H2,1H3,(H,18,19). The van der Waals surface area contributed by atoms with Crippen molar-refractivity contribution in [2.75, 3.05) is 18.8 Å². The lowest BCUT2D eigenvalue weighted by atomic mass is 10.0. The lowest BCUT2D eigenvalue weighted by Crippen LogP contribution is -2.52. The average molecular weight is 312 g/mol. The van der Waals surface area contributed by atoms with Crippen molar-refractivity contribution in [1.82, 2.24) is 9.80 Å². The van der Waals surface area contributed by atoms with Gasteiger partial charge >= 0.3 is 12.0 Å². The topological polar surface area (TPSA) is 60.9 Å². The van der Waals surface area contributed by atoms with E-state index < -0.39 is 12.0 Å². The first-order valence-electron chi connectivity index (χ1n) is 7.99. The third-order valence-electron chi connectivity index (χ3n) is 4.85. The Morgan fingerprint density at radius 1 is 1.14 bits per heavy atom. The Kier molecular flexibility index (Phi) is 4.33. The molecule has 0 bridgehead atoms. The molecule has 3 rings (SSSR count). The number of hydrogen-bond donors (Lipinski definition) is 1. The van der Waals surface area contributed by atoms with Crippen molar-refractivity contribution in [3.63, 3.8) is 0 Å². The van der Waals surface area contributed by atoms with Crippen molar-refractivity contribution in [2.24, 2.45) is 11.8 Å². The van der Waals surface area contributed by atoms with Gasteiger partial charge < -0.3 is 10.0 Å². The number of likely N-dealkylation sites (tertiary alicyclic amines) is 1. The first-order chi connectivity index (χ1) is 10.1. The van der Waals surface area contributed by atoms with Crippen LogP contribution in [0, 0.1) is 11.8 Å². The number of nitrogens with zero attached hydrogens (tertiary/aromatic N) is 2. The molecule has 2 aliphatic heterocycles. The van der Waals surface area contributed by atoms with Crippen LogP contribution in [0.4, 0.5) is 4.79 Å². The second-order valence-corrected chi connectivity index (χ2v) is 7.78. The minimum Gasteiger partial charge on any atom is -0.480 e. The Bertz CT molecular complexity index is 427. The third kappa shape index (κ3) is 3.15. The highest BCUT2D eigenvalue weighted by Crippen LogP contribution is 2.45. The number of amides is 2. The van der Waals surface area contributed by atoms with Crippen molar-refractivity contribution in [3.05, 3.63) is 0 Å². The zero-order valence-electron chi connectivity index (χ0n) is 12.5. The van der Waals surface area contributed by atoms with Crippen LogP contribution < -0.4 is 0 Å². The Balaban J connectivity index is 1.74. The van der Waals surface area contributed by atoms with Gasteiger partial charge in [-0.1, -0.05) is 6.92 Å². The van der Waals surface area contributed by atoms with Crippen LogP contribution in [-0.2, 0) is 4.79 Å². The molecule has 6 heteroatoms. The van der Waals surface area contributed by atoms with Gasteiger partial charge in [0.15, 0.2) is 0 Å². The van der Waals surface area contributed by atoms with Gasteiger partial charge in [0.25, 0.3) is 0 Å². The van der Waals surface area contributed by atoms with Gasteiger partial charge in [0.05, 0.1) is 5.37 Å². The fourth-order valence-electron chi connectivity index (χ4n) is 3.32. The van der Waals surface area contributed by atoms with Crippen molar-refractivity contribution in [2.45, 2.75) is 50.4 Å². The Morgan fingerprint density at radius 3 is 2.57 bits per heavy atom. The van der Waals surface area contributed by atoms with Gasteiger partial charge in [0.2, 0.25) is 0 Å². The predicted octanol–water partition coefficient (Wildman–Crippen LogP) is 2.47. The van der Waals surface area contributed by atoms with Gasteiger partial charge in [0.1, 0.15) is 6.04 Å². The summed E-state index contributed by atoms with van der Waals surface area (Å²) in [6, 6.07) is -0.688. The van der Waals surface area contributed by atoms with Crippen LogP contribution in [-0.4, -0.2) is 57.2 Å². The number of carbonyl (C=O) groups is 2. The van der Waals surface area contributed by atoms with Gasteiger partial charge in [-0.3, -0.25) is 4.90 Å². The maximum Gasteiger partial charge on any atom is 0.327 e. The summed E-state index contributed by atoms with van der Waals surface area (Å²) in [6.45, 7) is 3.77. The number of rotatable bonds is 2. The summed E-state index contributed by atoms with van der Waals surface area (Å²) < 4.78 is 0. The highest BCUT2D eigenvalue weighted by atomic mass is 32.2. The molecule has 3 aliphatic rings. The van der Waals surface area contributed by atoms with E-state index in [1.165, 1.54) is 0 Å². The maximum atomic E-state index is 12.9. The molecule has 0 spiro atoms. The summed E-state index contributed by atoms with van der Waals surface area (Å²) in [6.07, 6.45) is 5.47. The molecule has 3 unspecified atom stereocenters. The number of thioether (sulfide) groups is 1. The zero-order valence-corrected chi connectivity index (χ0v) is 13.3. The smallest absolute Gasteiger partial charge is 0.327 e.